The number of methoxy groups -OCH3 is 1. The fourth-order valence-corrected chi connectivity index (χ4v) is 1.09. The van der Waals surface area contributed by atoms with Crippen molar-refractivity contribution in [3.63, 3.8) is 0 Å². The molecule has 1 aliphatic heterocycles. The molecule has 1 rings (SSSR count). The van der Waals surface area contributed by atoms with Gasteiger partial charge in [-0.15, -0.1) is 0 Å². The first-order chi connectivity index (χ1) is 7.81. The molecule has 0 aromatic carbocycles. The summed E-state index contributed by atoms with van der Waals surface area (Å²) < 4.78 is 14.2. The van der Waals surface area contributed by atoms with Gasteiger partial charge in [0, 0.05) is 26.7 Å². The zero-order valence-electron chi connectivity index (χ0n) is 9.94. The van der Waals surface area contributed by atoms with Crippen molar-refractivity contribution in [3.05, 3.63) is 0 Å². The average Bonchev–Trinajstić information content (AvgIpc) is 2.31. The normalized spacial score (nSPS) is 13.3. The first kappa shape index (κ1) is 22.5. The largest absolute Gasteiger partial charge is 0.466 e. The van der Waals surface area contributed by atoms with E-state index in [1.54, 1.807) is 7.11 Å². The molecular weight excluding hydrogens is 236 g/mol. The molecule has 0 aromatic rings. The van der Waals surface area contributed by atoms with E-state index in [0.717, 1.165) is 25.7 Å². The summed E-state index contributed by atoms with van der Waals surface area (Å²) in [6.07, 6.45) is 4.40. The van der Waals surface area contributed by atoms with Gasteiger partial charge in [-0.2, -0.15) is 0 Å². The van der Waals surface area contributed by atoms with Crippen molar-refractivity contribution < 1.29 is 24.1 Å². The van der Waals surface area contributed by atoms with Gasteiger partial charge >= 0.3 is 5.97 Å². The van der Waals surface area contributed by atoms with E-state index in [-0.39, 0.29) is 27.4 Å². The van der Waals surface area contributed by atoms with Crippen molar-refractivity contribution in [2.24, 2.45) is 0 Å². The predicted molar refractivity (Wildman–Crippen MR) is 72.4 cm³/mol. The molecule has 0 atom stereocenters. The maximum atomic E-state index is 10.2. The standard InChI is InChI=1S/C6H14O3.C5H8O2.2CH4/c1-8-6-9-5-3-2-4-7;6-5-3-1-2-4-7-5;;/h7H,2-6H2,1H3;1-4H2;2*1H4. The number of aliphatic hydroxyl groups excluding tert-OH is 1. The van der Waals surface area contributed by atoms with Crippen LogP contribution in [-0.4, -0.2) is 44.8 Å². The van der Waals surface area contributed by atoms with Crippen molar-refractivity contribution in [2.75, 3.05) is 33.7 Å². The minimum absolute atomic E-state index is 0. The van der Waals surface area contributed by atoms with Gasteiger partial charge in [0.15, 0.2) is 0 Å². The highest BCUT2D eigenvalue weighted by molar-refractivity contribution is 5.69. The lowest BCUT2D eigenvalue weighted by atomic mass is 10.2. The van der Waals surface area contributed by atoms with Crippen LogP contribution in [0.15, 0.2) is 0 Å². The van der Waals surface area contributed by atoms with Crippen LogP contribution in [0.4, 0.5) is 0 Å². The van der Waals surface area contributed by atoms with Crippen molar-refractivity contribution in [1.82, 2.24) is 0 Å². The monoisotopic (exact) mass is 266 g/mol. The van der Waals surface area contributed by atoms with Gasteiger partial charge in [0.1, 0.15) is 6.79 Å². The lowest BCUT2D eigenvalue weighted by molar-refractivity contribution is -0.146. The van der Waals surface area contributed by atoms with Crippen LogP contribution in [0.2, 0.25) is 0 Å². The summed E-state index contributed by atoms with van der Waals surface area (Å²) >= 11 is 0. The number of aliphatic hydroxyl groups is 1. The van der Waals surface area contributed by atoms with Crippen LogP contribution in [-0.2, 0) is 19.0 Å². The number of ether oxygens (including phenoxy) is 3. The zero-order valence-corrected chi connectivity index (χ0v) is 9.94. The van der Waals surface area contributed by atoms with Gasteiger partial charge in [-0.3, -0.25) is 4.79 Å². The quantitative estimate of drug-likeness (QED) is 0.454. The van der Waals surface area contributed by atoms with Crippen LogP contribution in [0.3, 0.4) is 0 Å². The number of carbonyl (C=O) groups is 1. The third-order valence-electron chi connectivity index (χ3n) is 1.94. The highest BCUT2D eigenvalue weighted by atomic mass is 16.7. The zero-order chi connectivity index (χ0) is 12.1. The molecule has 1 N–H and O–H groups in total. The number of rotatable bonds is 6. The molecule has 0 bridgehead atoms. The minimum Gasteiger partial charge on any atom is -0.466 e. The molecule has 5 heteroatoms. The summed E-state index contributed by atoms with van der Waals surface area (Å²) in [7, 11) is 1.59. The predicted octanol–water partition coefficient (Wildman–Crippen LogP) is 2.37. The Morgan fingerprint density at radius 1 is 1.28 bits per heavy atom. The number of carbonyl (C=O) groups excluding carboxylic acids is 1. The van der Waals surface area contributed by atoms with Crippen LogP contribution in [0.5, 0.6) is 0 Å². The van der Waals surface area contributed by atoms with Gasteiger partial charge in [0.2, 0.25) is 0 Å². The summed E-state index contributed by atoms with van der Waals surface area (Å²) in [5.41, 5.74) is 0. The second kappa shape index (κ2) is 18.7. The highest BCUT2D eigenvalue weighted by Crippen LogP contribution is 2.04. The average molecular weight is 266 g/mol. The third-order valence-corrected chi connectivity index (χ3v) is 1.94. The molecule has 1 heterocycles. The number of cyclic esters (lactones) is 1. The van der Waals surface area contributed by atoms with Gasteiger partial charge in [-0.05, 0) is 25.7 Å². The molecular formula is C13H30O5. The smallest absolute Gasteiger partial charge is 0.305 e. The molecule has 112 valence electrons. The van der Waals surface area contributed by atoms with Gasteiger partial charge in [-0.25, -0.2) is 0 Å². The van der Waals surface area contributed by atoms with E-state index in [1.807, 2.05) is 0 Å². The molecule has 1 fully saturated rings. The summed E-state index contributed by atoms with van der Waals surface area (Å²) in [4.78, 5) is 10.2. The SMILES string of the molecule is C.C.COCOCCCCO.O=C1CCCCO1. The van der Waals surface area contributed by atoms with E-state index in [0.29, 0.717) is 26.4 Å². The molecule has 1 aliphatic rings. The molecule has 0 spiro atoms. The molecule has 0 amide bonds. The lowest BCUT2D eigenvalue weighted by Crippen LogP contribution is -2.10. The molecule has 0 aliphatic carbocycles. The van der Waals surface area contributed by atoms with Gasteiger partial charge in [-0.1, -0.05) is 14.9 Å². The van der Waals surface area contributed by atoms with Crippen molar-refractivity contribution in [1.29, 1.82) is 0 Å². The maximum absolute atomic E-state index is 10.2. The first-order valence-corrected chi connectivity index (χ1v) is 5.64. The van der Waals surface area contributed by atoms with E-state index >= 15 is 0 Å². The number of hydrogen-bond donors (Lipinski definition) is 1. The van der Waals surface area contributed by atoms with Crippen molar-refractivity contribution >= 4 is 5.97 Å². The lowest BCUT2D eigenvalue weighted by Gasteiger charge is -2.08. The molecule has 5 nitrogen and oxygen atoms in total. The van der Waals surface area contributed by atoms with E-state index in [4.69, 9.17) is 9.84 Å². The molecule has 18 heavy (non-hydrogen) atoms. The van der Waals surface area contributed by atoms with Crippen LogP contribution in [0, 0.1) is 0 Å². The number of unbranched alkanes of at least 4 members (excludes halogenated alkanes) is 1. The first-order valence-electron chi connectivity index (χ1n) is 5.64. The van der Waals surface area contributed by atoms with E-state index in [2.05, 4.69) is 9.47 Å². The molecule has 0 aromatic heterocycles. The van der Waals surface area contributed by atoms with Crippen LogP contribution >= 0.6 is 0 Å². The second-order valence-corrected chi connectivity index (χ2v) is 3.42. The van der Waals surface area contributed by atoms with E-state index in [1.165, 1.54) is 0 Å². The third kappa shape index (κ3) is 17.7. The van der Waals surface area contributed by atoms with Crippen LogP contribution in [0.1, 0.15) is 47.0 Å². The summed E-state index contributed by atoms with van der Waals surface area (Å²) in [5.74, 6) is -0.0359. The fraction of sp³-hybridized carbons (Fsp3) is 0.923. The van der Waals surface area contributed by atoms with Crippen LogP contribution in [0.25, 0.3) is 0 Å². The minimum atomic E-state index is -0.0359. The second-order valence-electron chi connectivity index (χ2n) is 3.42. The van der Waals surface area contributed by atoms with Crippen molar-refractivity contribution in [3.8, 4) is 0 Å². The fourth-order valence-electron chi connectivity index (χ4n) is 1.09. The van der Waals surface area contributed by atoms with E-state index in [9.17, 15) is 4.79 Å². The number of esters is 1. The summed E-state index contributed by atoms with van der Waals surface area (Å²) in [6, 6.07) is 0. The summed E-state index contributed by atoms with van der Waals surface area (Å²) in [5, 5.41) is 8.34. The van der Waals surface area contributed by atoms with Gasteiger partial charge in [0.25, 0.3) is 0 Å². The molecule has 1 saturated heterocycles. The molecule has 0 radical (unpaired) electrons. The Bertz CT molecular complexity index is 147. The molecule has 0 saturated carbocycles. The van der Waals surface area contributed by atoms with Gasteiger partial charge in [0.05, 0.1) is 6.61 Å². The summed E-state index contributed by atoms with van der Waals surface area (Å²) in [6.45, 7) is 1.91. The topological polar surface area (TPSA) is 65.0 Å². The Morgan fingerprint density at radius 3 is 2.39 bits per heavy atom. The Balaban J connectivity index is -0.000000229. The Morgan fingerprint density at radius 2 is 2.00 bits per heavy atom. The molecule has 0 unspecified atom stereocenters. The van der Waals surface area contributed by atoms with Crippen molar-refractivity contribution in [2.45, 2.75) is 47.0 Å². The number of hydrogen-bond acceptors (Lipinski definition) is 5. The Kier molecular flexibility index (Phi) is 23.4. The Labute approximate surface area is 111 Å². The Hall–Kier alpha value is -0.650. The van der Waals surface area contributed by atoms with E-state index < -0.39 is 0 Å². The maximum Gasteiger partial charge on any atom is 0.305 e. The van der Waals surface area contributed by atoms with Crippen LogP contribution < -0.4 is 0 Å². The highest BCUT2D eigenvalue weighted by Gasteiger charge is 2.06. The van der Waals surface area contributed by atoms with Gasteiger partial charge < -0.3 is 19.3 Å².